The number of urea groups is 1. The van der Waals surface area contributed by atoms with Crippen LogP contribution in [0.4, 0.5) is 16.3 Å². The molecule has 13 heteroatoms. The molecule has 7 N–H and O–H groups in total. The minimum absolute atomic E-state index is 0.0120. The van der Waals surface area contributed by atoms with Gasteiger partial charge in [-0.05, 0) is 67.0 Å². The van der Waals surface area contributed by atoms with Crippen LogP contribution in [0.25, 0.3) is 11.2 Å². The molecule has 0 bridgehead atoms. The molecule has 13 nitrogen and oxygen atoms in total. The zero-order valence-electron chi connectivity index (χ0n) is 26.3. The van der Waals surface area contributed by atoms with Gasteiger partial charge in [0.25, 0.3) is 5.91 Å². The molecule has 3 heterocycles. The lowest BCUT2D eigenvalue weighted by molar-refractivity contribution is -0.0413. The quantitative estimate of drug-likeness (QED) is 0.135. The van der Waals surface area contributed by atoms with Crippen molar-refractivity contribution in [3.63, 3.8) is 0 Å². The molecule has 1 aliphatic heterocycles. The number of carbonyl (C=O) groups is 2. The third kappa shape index (κ3) is 7.68. The minimum atomic E-state index is -1.25. The molecule has 3 amide bonds. The molecule has 1 aliphatic rings. The lowest BCUT2D eigenvalue weighted by Gasteiger charge is -2.21. The Morgan fingerprint density at radius 2 is 1.74 bits per heavy atom. The first-order valence-corrected chi connectivity index (χ1v) is 15.5. The van der Waals surface area contributed by atoms with E-state index in [4.69, 9.17) is 10.5 Å². The summed E-state index contributed by atoms with van der Waals surface area (Å²) in [4.78, 5) is 37.9. The number of ether oxygens (including phenoxy) is 1. The molecule has 2 aromatic carbocycles. The summed E-state index contributed by atoms with van der Waals surface area (Å²) in [5.41, 5.74) is 9.11. The zero-order valence-corrected chi connectivity index (χ0v) is 26.3. The number of hydrogen-bond acceptors (Lipinski definition) is 9. The summed E-state index contributed by atoms with van der Waals surface area (Å²) < 4.78 is 7.67. The minimum Gasteiger partial charge on any atom is -0.388 e. The number of carbonyl (C=O) groups excluding carboxylic acids is 2. The maximum absolute atomic E-state index is 12.7. The third-order valence-corrected chi connectivity index (χ3v) is 8.22. The van der Waals surface area contributed by atoms with Crippen LogP contribution in [0.2, 0.25) is 0 Å². The average molecular weight is 631 g/mol. The van der Waals surface area contributed by atoms with E-state index in [0.717, 1.165) is 5.69 Å². The maximum Gasteiger partial charge on any atom is 0.319 e. The van der Waals surface area contributed by atoms with Gasteiger partial charge in [0.05, 0.1) is 12.4 Å². The van der Waals surface area contributed by atoms with Crippen molar-refractivity contribution >= 4 is 34.6 Å². The molecule has 1 unspecified atom stereocenters. The van der Waals surface area contributed by atoms with Gasteiger partial charge in [0.2, 0.25) is 0 Å². The van der Waals surface area contributed by atoms with Crippen LogP contribution in [-0.2, 0) is 10.2 Å². The van der Waals surface area contributed by atoms with E-state index < -0.39 is 24.5 Å². The molecule has 1 saturated heterocycles. The van der Waals surface area contributed by atoms with E-state index >= 15 is 0 Å². The second kappa shape index (κ2) is 14.3. The van der Waals surface area contributed by atoms with E-state index in [1.54, 1.807) is 24.3 Å². The van der Waals surface area contributed by atoms with Crippen molar-refractivity contribution in [2.24, 2.45) is 11.7 Å². The van der Waals surface area contributed by atoms with Crippen molar-refractivity contribution in [2.75, 3.05) is 23.7 Å². The summed E-state index contributed by atoms with van der Waals surface area (Å²) in [6.07, 6.45) is 0.455. The van der Waals surface area contributed by atoms with Crippen molar-refractivity contribution in [1.29, 1.82) is 0 Å². The van der Waals surface area contributed by atoms with Crippen molar-refractivity contribution < 1.29 is 24.5 Å². The van der Waals surface area contributed by atoms with Gasteiger partial charge in [-0.25, -0.2) is 19.7 Å². The molecule has 5 atom stereocenters. The molecule has 2 aromatic heterocycles. The van der Waals surface area contributed by atoms with Crippen LogP contribution in [0.3, 0.4) is 0 Å². The average Bonchev–Trinajstić information content (AvgIpc) is 3.59. The Morgan fingerprint density at radius 3 is 2.43 bits per heavy atom. The molecule has 5 rings (SSSR count). The van der Waals surface area contributed by atoms with Crippen molar-refractivity contribution in [3.8, 4) is 0 Å². The number of rotatable bonds is 11. The molecule has 244 valence electrons. The summed E-state index contributed by atoms with van der Waals surface area (Å²) in [5, 5.41) is 30.3. The summed E-state index contributed by atoms with van der Waals surface area (Å²) in [6, 6.07) is 16.2. The van der Waals surface area contributed by atoms with Gasteiger partial charge in [0.15, 0.2) is 23.2 Å². The van der Waals surface area contributed by atoms with Gasteiger partial charge in [-0.15, -0.1) is 0 Å². The Kier molecular flexibility index (Phi) is 10.3. The predicted octanol–water partition coefficient (Wildman–Crippen LogP) is 3.56. The van der Waals surface area contributed by atoms with Crippen molar-refractivity contribution in [3.05, 3.63) is 78.4 Å². The summed E-state index contributed by atoms with van der Waals surface area (Å²) >= 11 is 0. The van der Waals surface area contributed by atoms with E-state index in [2.05, 4.69) is 51.7 Å². The Bertz CT molecular complexity index is 1620. The fraction of sp³-hybridized carbons (Fsp3) is 0.424. The second-order valence-corrected chi connectivity index (χ2v) is 12.6. The SMILES string of the molecule is CC(C)(C)c1ccc(NC(=O)NCCC[C@H](CN)C[C@H]2O[C@@H](n3cnc4c(NC(=O)c5ccccc5)ncnc43)[C@@H](O)C2O)cc1. The Labute approximate surface area is 267 Å². The molecular formula is C33H42N8O5. The lowest BCUT2D eigenvalue weighted by Crippen LogP contribution is -2.34. The van der Waals surface area contributed by atoms with Crippen LogP contribution in [-0.4, -0.2) is 73.1 Å². The number of anilines is 2. The van der Waals surface area contributed by atoms with Crippen molar-refractivity contribution in [2.45, 2.75) is 70.0 Å². The van der Waals surface area contributed by atoms with Crippen LogP contribution in [0.1, 0.15) is 62.2 Å². The number of amides is 3. The zero-order chi connectivity index (χ0) is 32.8. The Morgan fingerprint density at radius 1 is 1.00 bits per heavy atom. The topological polar surface area (TPSA) is 190 Å². The standard InChI is InChI=1S/C33H42N8O5/c1-33(2,3)22-11-13-23(14-12-22)39-32(45)35-15-7-8-20(17-34)16-24-26(42)27(43)31(46-24)41-19-38-25-28(36-18-37-29(25)41)40-30(44)21-9-5-4-6-10-21/h4-6,9-14,18-20,24,26-27,31,42-43H,7-8,15-17,34H2,1-3H3,(H2,35,39,45)(H,36,37,40,44)/t20-,24+,26?,27-,31+/m0/s1. The molecular weight excluding hydrogens is 588 g/mol. The van der Waals surface area contributed by atoms with Crippen LogP contribution in [0.5, 0.6) is 0 Å². The molecule has 0 saturated carbocycles. The first kappa shape index (κ1) is 32.9. The summed E-state index contributed by atoms with van der Waals surface area (Å²) in [7, 11) is 0. The van der Waals surface area contributed by atoms with E-state index in [1.807, 2.05) is 30.3 Å². The number of imidazole rings is 1. The summed E-state index contributed by atoms with van der Waals surface area (Å²) in [5.74, 6) is -0.148. The summed E-state index contributed by atoms with van der Waals surface area (Å²) in [6.45, 7) is 7.22. The first-order valence-electron chi connectivity index (χ1n) is 15.5. The van der Waals surface area contributed by atoms with Crippen molar-refractivity contribution in [1.82, 2.24) is 24.8 Å². The number of aliphatic hydroxyl groups is 2. The number of nitrogens with one attached hydrogen (secondary N) is 3. The number of aromatic nitrogens is 4. The fourth-order valence-electron chi connectivity index (χ4n) is 5.53. The first-order chi connectivity index (χ1) is 22.0. The van der Waals surface area contributed by atoms with E-state index in [1.165, 1.54) is 22.8 Å². The molecule has 46 heavy (non-hydrogen) atoms. The molecule has 0 aliphatic carbocycles. The highest BCUT2D eigenvalue weighted by atomic mass is 16.6. The van der Waals surface area contributed by atoms with E-state index in [9.17, 15) is 19.8 Å². The fourth-order valence-corrected chi connectivity index (χ4v) is 5.53. The largest absolute Gasteiger partial charge is 0.388 e. The number of aliphatic hydroxyl groups excluding tert-OH is 2. The van der Waals surface area contributed by atoms with Crippen LogP contribution in [0, 0.1) is 5.92 Å². The van der Waals surface area contributed by atoms with E-state index in [-0.39, 0.29) is 29.1 Å². The van der Waals surface area contributed by atoms with Gasteiger partial charge in [-0.1, -0.05) is 51.1 Å². The third-order valence-electron chi connectivity index (χ3n) is 8.22. The number of nitrogens with zero attached hydrogens (tertiary/aromatic N) is 4. The smallest absolute Gasteiger partial charge is 0.319 e. The van der Waals surface area contributed by atoms with Crippen LogP contribution in [0.15, 0.2) is 67.3 Å². The Hall–Kier alpha value is -4.43. The lowest BCUT2D eigenvalue weighted by atomic mass is 9.87. The monoisotopic (exact) mass is 630 g/mol. The molecule has 4 aromatic rings. The Balaban J connectivity index is 1.13. The highest BCUT2D eigenvalue weighted by Gasteiger charge is 2.44. The van der Waals surface area contributed by atoms with Crippen LogP contribution >= 0.6 is 0 Å². The highest BCUT2D eigenvalue weighted by Crippen LogP contribution is 2.35. The molecule has 0 radical (unpaired) electrons. The second-order valence-electron chi connectivity index (χ2n) is 12.6. The number of fused-ring (bicyclic) bond motifs is 1. The normalized spacial score (nSPS) is 20.4. The van der Waals surface area contributed by atoms with Crippen LogP contribution < -0.4 is 21.7 Å². The van der Waals surface area contributed by atoms with Gasteiger partial charge in [-0.2, -0.15) is 0 Å². The van der Waals surface area contributed by atoms with E-state index in [0.29, 0.717) is 49.1 Å². The van der Waals surface area contributed by atoms with Gasteiger partial charge in [0, 0.05) is 17.8 Å². The van der Waals surface area contributed by atoms with Gasteiger partial charge in [0.1, 0.15) is 18.5 Å². The predicted molar refractivity (Wildman–Crippen MR) is 174 cm³/mol. The van der Waals surface area contributed by atoms with Gasteiger partial charge < -0.3 is 36.6 Å². The number of benzene rings is 2. The van der Waals surface area contributed by atoms with Gasteiger partial charge in [-0.3, -0.25) is 9.36 Å². The van der Waals surface area contributed by atoms with Gasteiger partial charge >= 0.3 is 6.03 Å². The maximum atomic E-state index is 12.7. The number of nitrogens with two attached hydrogens (primary N) is 1. The number of hydrogen-bond donors (Lipinski definition) is 6. The molecule has 1 fully saturated rings. The molecule has 0 spiro atoms. The highest BCUT2D eigenvalue weighted by molar-refractivity contribution is 6.06.